The van der Waals surface area contributed by atoms with E-state index < -0.39 is 0 Å². The Hall–Kier alpha value is -1.40. The lowest BCUT2D eigenvalue weighted by Crippen LogP contribution is -2.23. The maximum atomic E-state index is 5.75. The predicted octanol–water partition coefficient (Wildman–Crippen LogP) is 3.35. The van der Waals surface area contributed by atoms with Crippen molar-refractivity contribution in [3.05, 3.63) is 11.4 Å². The van der Waals surface area contributed by atoms with Crippen molar-refractivity contribution in [2.24, 2.45) is 5.92 Å². The van der Waals surface area contributed by atoms with Crippen molar-refractivity contribution in [1.29, 1.82) is 0 Å². The highest BCUT2D eigenvalue weighted by atomic mass is 32.1. The lowest BCUT2D eigenvalue weighted by Gasteiger charge is -2.18. The van der Waals surface area contributed by atoms with E-state index in [-0.39, 0.29) is 0 Å². The van der Waals surface area contributed by atoms with Gasteiger partial charge in [0.05, 0.1) is 11.5 Å². The van der Waals surface area contributed by atoms with Gasteiger partial charge in [-0.3, -0.25) is 0 Å². The van der Waals surface area contributed by atoms with Crippen LogP contribution in [-0.4, -0.2) is 35.8 Å². The van der Waals surface area contributed by atoms with E-state index in [4.69, 9.17) is 4.74 Å². The second-order valence-corrected chi connectivity index (χ2v) is 6.21. The van der Waals surface area contributed by atoms with Crippen LogP contribution in [0.25, 0.3) is 10.2 Å². The fraction of sp³-hybridized carbons (Fsp3) is 0.600. The largest absolute Gasteiger partial charge is 0.378 e. The summed E-state index contributed by atoms with van der Waals surface area (Å²) in [7, 11) is 0. The topological polar surface area (TPSA) is 59.1 Å². The highest BCUT2D eigenvalue weighted by molar-refractivity contribution is 7.16. The van der Waals surface area contributed by atoms with Gasteiger partial charge < -0.3 is 15.4 Å². The minimum Gasteiger partial charge on any atom is -0.378 e. The van der Waals surface area contributed by atoms with Crippen LogP contribution >= 0.6 is 11.3 Å². The van der Waals surface area contributed by atoms with Gasteiger partial charge in [-0.2, -0.15) is 4.98 Å². The molecule has 1 aliphatic heterocycles. The van der Waals surface area contributed by atoms with Crippen LogP contribution in [0.1, 0.15) is 26.7 Å². The molecule has 2 aromatic rings. The fourth-order valence-corrected chi connectivity index (χ4v) is 3.60. The van der Waals surface area contributed by atoms with E-state index >= 15 is 0 Å². The first-order valence-electron chi connectivity index (χ1n) is 7.66. The SMILES string of the molecule is CCNc1nc(NCC2CCOC2CC)c2ccsc2n1. The van der Waals surface area contributed by atoms with Gasteiger partial charge in [0.2, 0.25) is 5.95 Å². The van der Waals surface area contributed by atoms with E-state index in [1.807, 2.05) is 0 Å². The van der Waals surface area contributed by atoms with E-state index in [0.29, 0.717) is 18.0 Å². The number of thiophene rings is 1. The summed E-state index contributed by atoms with van der Waals surface area (Å²) in [6.45, 7) is 6.85. The molecule has 0 bridgehead atoms. The Morgan fingerprint density at radius 1 is 1.33 bits per heavy atom. The van der Waals surface area contributed by atoms with Crippen molar-refractivity contribution < 1.29 is 4.74 Å². The van der Waals surface area contributed by atoms with Gasteiger partial charge in [0.25, 0.3) is 0 Å². The summed E-state index contributed by atoms with van der Waals surface area (Å²) in [6.07, 6.45) is 2.58. The van der Waals surface area contributed by atoms with E-state index in [1.54, 1.807) is 11.3 Å². The standard InChI is InChI=1S/C15H22N4OS/c1-3-12-10(5-7-20-12)9-17-13-11-6-8-21-14(11)19-15(18-13)16-4-2/h6,8,10,12H,3-5,7,9H2,1-2H3,(H2,16,17,18,19). The molecule has 5 nitrogen and oxygen atoms in total. The van der Waals surface area contributed by atoms with Crippen molar-refractivity contribution >= 4 is 33.3 Å². The van der Waals surface area contributed by atoms with Gasteiger partial charge in [-0.1, -0.05) is 6.92 Å². The van der Waals surface area contributed by atoms with Gasteiger partial charge in [0.1, 0.15) is 10.6 Å². The Labute approximate surface area is 129 Å². The summed E-state index contributed by atoms with van der Waals surface area (Å²) in [5.41, 5.74) is 0. The maximum Gasteiger partial charge on any atom is 0.226 e. The zero-order chi connectivity index (χ0) is 14.7. The number of nitrogens with zero attached hydrogens (tertiary/aromatic N) is 2. The first-order valence-corrected chi connectivity index (χ1v) is 8.54. The van der Waals surface area contributed by atoms with Crippen LogP contribution in [0.15, 0.2) is 11.4 Å². The molecule has 1 saturated heterocycles. The van der Waals surface area contributed by atoms with Gasteiger partial charge in [-0.25, -0.2) is 4.98 Å². The molecule has 0 saturated carbocycles. The highest BCUT2D eigenvalue weighted by Crippen LogP contribution is 2.28. The van der Waals surface area contributed by atoms with Crippen molar-refractivity contribution in [3.8, 4) is 0 Å². The number of hydrogen-bond donors (Lipinski definition) is 2. The number of nitrogens with one attached hydrogen (secondary N) is 2. The normalized spacial score (nSPS) is 21.8. The van der Waals surface area contributed by atoms with Crippen LogP contribution in [0.2, 0.25) is 0 Å². The Balaban J connectivity index is 1.77. The molecule has 6 heteroatoms. The predicted molar refractivity (Wildman–Crippen MR) is 88.2 cm³/mol. The molecule has 0 amide bonds. The Morgan fingerprint density at radius 3 is 3.05 bits per heavy atom. The summed E-state index contributed by atoms with van der Waals surface area (Å²) in [5.74, 6) is 2.20. The molecule has 0 aliphatic carbocycles. The van der Waals surface area contributed by atoms with Crippen LogP contribution in [0, 0.1) is 5.92 Å². The lowest BCUT2D eigenvalue weighted by molar-refractivity contribution is 0.0900. The van der Waals surface area contributed by atoms with Crippen molar-refractivity contribution in [2.45, 2.75) is 32.8 Å². The highest BCUT2D eigenvalue weighted by Gasteiger charge is 2.26. The number of fused-ring (bicyclic) bond motifs is 1. The number of rotatable bonds is 6. The van der Waals surface area contributed by atoms with E-state index in [0.717, 1.165) is 48.6 Å². The smallest absolute Gasteiger partial charge is 0.226 e. The first-order chi connectivity index (χ1) is 10.3. The third-order valence-electron chi connectivity index (χ3n) is 3.94. The Kier molecular flexibility index (Phi) is 4.55. The molecule has 0 radical (unpaired) electrons. The summed E-state index contributed by atoms with van der Waals surface area (Å²) in [5, 5.41) is 9.88. The molecule has 2 atom stereocenters. The van der Waals surface area contributed by atoms with Crippen LogP contribution in [0.3, 0.4) is 0 Å². The molecule has 3 rings (SSSR count). The van der Waals surface area contributed by atoms with Gasteiger partial charge in [-0.15, -0.1) is 11.3 Å². The van der Waals surface area contributed by atoms with Gasteiger partial charge >= 0.3 is 0 Å². The molecule has 2 aromatic heterocycles. The monoisotopic (exact) mass is 306 g/mol. The number of ether oxygens (including phenoxy) is 1. The minimum absolute atomic E-state index is 0.380. The molecular formula is C15H22N4OS. The summed E-state index contributed by atoms with van der Waals surface area (Å²) >= 11 is 1.65. The lowest BCUT2D eigenvalue weighted by atomic mass is 10.00. The van der Waals surface area contributed by atoms with Gasteiger partial charge in [0, 0.05) is 25.6 Å². The molecule has 1 fully saturated rings. The van der Waals surface area contributed by atoms with Gasteiger partial charge in [-0.05, 0) is 31.2 Å². The van der Waals surface area contributed by atoms with Crippen molar-refractivity contribution in [3.63, 3.8) is 0 Å². The zero-order valence-corrected chi connectivity index (χ0v) is 13.4. The number of aromatic nitrogens is 2. The van der Waals surface area contributed by atoms with Crippen LogP contribution in [0.4, 0.5) is 11.8 Å². The summed E-state index contributed by atoms with van der Waals surface area (Å²) in [6, 6.07) is 2.08. The van der Waals surface area contributed by atoms with Crippen LogP contribution in [0.5, 0.6) is 0 Å². The van der Waals surface area contributed by atoms with Gasteiger partial charge in [0.15, 0.2) is 0 Å². The molecule has 2 unspecified atom stereocenters. The zero-order valence-electron chi connectivity index (χ0n) is 12.6. The van der Waals surface area contributed by atoms with Crippen molar-refractivity contribution in [1.82, 2.24) is 9.97 Å². The molecule has 1 aliphatic rings. The Morgan fingerprint density at radius 2 is 2.24 bits per heavy atom. The number of anilines is 2. The number of hydrogen-bond acceptors (Lipinski definition) is 6. The van der Waals surface area contributed by atoms with Crippen LogP contribution in [-0.2, 0) is 4.74 Å². The second-order valence-electron chi connectivity index (χ2n) is 5.31. The molecule has 114 valence electrons. The minimum atomic E-state index is 0.380. The quantitative estimate of drug-likeness (QED) is 0.857. The van der Waals surface area contributed by atoms with Crippen molar-refractivity contribution in [2.75, 3.05) is 30.3 Å². The fourth-order valence-electron chi connectivity index (χ4n) is 2.83. The molecule has 21 heavy (non-hydrogen) atoms. The third kappa shape index (κ3) is 3.11. The molecular weight excluding hydrogens is 284 g/mol. The van der Waals surface area contributed by atoms with E-state index in [2.05, 4.69) is 45.9 Å². The average molecular weight is 306 g/mol. The van der Waals surface area contributed by atoms with E-state index in [9.17, 15) is 0 Å². The molecule has 3 heterocycles. The Bertz CT molecular complexity index is 600. The summed E-state index contributed by atoms with van der Waals surface area (Å²) in [4.78, 5) is 10.2. The molecule has 0 spiro atoms. The second kappa shape index (κ2) is 6.58. The average Bonchev–Trinajstić information content (AvgIpc) is 3.13. The van der Waals surface area contributed by atoms with Crippen LogP contribution < -0.4 is 10.6 Å². The summed E-state index contributed by atoms with van der Waals surface area (Å²) < 4.78 is 5.75. The maximum absolute atomic E-state index is 5.75. The first kappa shape index (κ1) is 14.5. The molecule has 0 aromatic carbocycles. The van der Waals surface area contributed by atoms with E-state index in [1.165, 1.54) is 0 Å². The third-order valence-corrected chi connectivity index (χ3v) is 4.75. The molecule has 2 N–H and O–H groups in total.